The maximum atomic E-state index is 13.1. The summed E-state index contributed by atoms with van der Waals surface area (Å²) >= 11 is 0. The molecule has 0 bridgehead atoms. The molecular formula is C22H25FN2O4. The van der Waals surface area contributed by atoms with E-state index >= 15 is 0 Å². The fraction of sp³-hybridized carbons (Fsp3) is 0.318. The second kappa shape index (κ2) is 9.82. The molecule has 2 rings (SSSR count). The third kappa shape index (κ3) is 7.37. The fourth-order valence-corrected chi connectivity index (χ4v) is 2.48. The highest BCUT2D eigenvalue weighted by Gasteiger charge is 2.14. The number of hydrogen-bond acceptors (Lipinski definition) is 4. The number of benzene rings is 2. The van der Waals surface area contributed by atoms with Crippen LogP contribution in [0.25, 0.3) is 0 Å². The van der Waals surface area contributed by atoms with Crippen LogP contribution < -0.4 is 10.6 Å². The number of hydrogen-bond donors (Lipinski definition) is 2. The van der Waals surface area contributed by atoms with Crippen LogP contribution in [0, 0.1) is 5.82 Å². The number of ether oxygens (including phenoxy) is 1. The highest BCUT2D eigenvalue weighted by Crippen LogP contribution is 2.22. The largest absolute Gasteiger partial charge is 0.456 e. The lowest BCUT2D eigenvalue weighted by atomic mass is 9.87. The maximum Gasteiger partial charge on any atom is 0.308 e. The van der Waals surface area contributed by atoms with E-state index in [-0.39, 0.29) is 30.0 Å². The summed E-state index contributed by atoms with van der Waals surface area (Å²) in [5.41, 5.74) is 1.89. The van der Waals surface area contributed by atoms with Crippen molar-refractivity contribution >= 4 is 23.5 Å². The normalized spacial score (nSPS) is 10.9. The summed E-state index contributed by atoms with van der Waals surface area (Å²) in [6.07, 6.45) is -0.0704. The molecule has 0 saturated heterocycles. The van der Waals surface area contributed by atoms with Gasteiger partial charge in [-0.2, -0.15) is 0 Å². The first-order chi connectivity index (χ1) is 13.6. The molecule has 0 spiro atoms. The first-order valence-electron chi connectivity index (χ1n) is 9.25. The second-order valence-electron chi connectivity index (χ2n) is 7.55. The standard InChI is InChI=1S/C22H25FN2O4/c1-22(2,3)16-9-7-15(8-10-16)21(28)24-12-11-20(27)29-14-19(26)25-18-6-4-5-17(23)13-18/h4-10,13H,11-12,14H2,1-3H3,(H,24,28)(H,25,26). The predicted molar refractivity (Wildman–Crippen MR) is 108 cm³/mol. The highest BCUT2D eigenvalue weighted by molar-refractivity contribution is 5.94. The molecule has 0 heterocycles. The summed E-state index contributed by atoms with van der Waals surface area (Å²) in [6, 6.07) is 12.7. The van der Waals surface area contributed by atoms with Crippen molar-refractivity contribution in [1.82, 2.24) is 5.32 Å². The number of halogens is 1. The Bertz CT molecular complexity index is 873. The molecule has 2 aromatic rings. The first kappa shape index (κ1) is 22.1. The average Bonchev–Trinajstić information content (AvgIpc) is 2.66. The van der Waals surface area contributed by atoms with Crippen LogP contribution in [0.3, 0.4) is 0 Å². The molecule has 0 radical (unpaired) electrons. The monoisotopic (exact) mass is 400 g/mol. The van der Waals surface area contributed by atoms with E-state index in [4.69, 9.17) is 4.74 Å². The Balaban J connectivity index is 1.69. The fourth-order valence-electron chi connectivity index (χ4n) is 2.48. The Kier molecular flexibility index (Phi) is 7.47. The van der Waals surface area contributed by atoms with E-state index in [0.29, 0.717) is 5.56 Å². The minimum Gasteiger partial charge on any atom is -0.456 e. The highest BCUT2D eigenvalue weighted by atomic mass is 19.1. The molecule has 0 aliphatic rings. The summed E-state index contributed by atoms with van der Waals surface area (Å²) in [7, 11) is 0. The molecule has 2 aromatic carbocycles. The summed E-state index contributed by atoms with van der Waals surface area (Å²) in [4.78, 5) is 35.6. The number of rotatable bonds is 7. The Morgan fingerprint density at radius 3 is 2.34 bits per heavy atom. The van der Waals surface area contributed by atoms with Crippen LogP contribution in [-0.4, -0.2) is 30.9 Å². The van der Waals surface area contributed by atoms with Crippen molar-refractivity contribution in [2.75, 3.05) is 18.5 Å². The molecule has 154 valence electrons. The van der Waals surface area contributed by atoms with E-state index in [1.165, 1.54) is 18.2 Å². The zero-order chi connectivity index (χ0) is 21.4. The zero-order valence-electron chi connectivity index (χ0n) is 16.8. The lowest BCUT2D eigenvalue weighted by Gasteiger charge is -2.19. The van der Waals surface area contributed by atoms with Gasteiger partial charge in [0.2, 0.25) is 0 Å². The molecule has 2 amide bonds. The third-order valence-corrected chi connectivity index (χ3v) is 4.10. The smallest absolute Gasteiger partial charge is 0.308 e. The van der Waals surface area contributed by atoms with Gasteiger partial charge in [0, 0.05) is 17.8 Å². The van der Waals surface area contributed by atoms with Gasteiger partial charge < -0.3 is 15.4 Å². The number of carbonyl (C=O) groups is 3. The average molecular weight is 400 g/mol. The van der Waals surface area contributed by atoms with Crippen molar-refractivity contribution in [3.05, 3.63) is 65.5 Å². The Morgan fingerprint density at radius 1 is 1.03 bits per heavy atom. The lowest BCUT2D eigenvalue weighted by Crippen LogP contribution is -2.27. The Morgan fingerprint density at radius 2 is 1.72 bits per heavy atom. The number of esters is 1. The van der Waals surface area contributed by atoms with Gasteiger partial charge in [-0.15, -0.1) is 0 Å². The SMILES string of the molecule is CC(C)(C)c1ccc(C(=O)NCCC(=O)OCC(=O)Nc2cccc(F)c2)cc1. The molecule has 0 aromatic heterocycles. The van der Waals surface area contributed by atoms with E-state index in [2.05, 4.69) is 31.4 Å². The zero-order valence-corrected chi connectivity index (χ0v) is 16.8. The van der Waals surface area contributed by atoms with Crippen LogP contribution in [0.15, 0.2) is 48.5 Å². The third-order valence-electron chi connectivity index (χ3n) is 4.10. The van der Waals surface area contributed by atoms with Gasteiger partial charge in [0.15, 0.2) is 6.61 Å². The van der Waals surface area contributed by atoms with Crippen molar-refractivity contribution in [2.45, 2.75) is 32.6 Å². The van der Waals surface area contributed by atoms with E-state index in [1.807, 2.05) is 12.1 Å². The van der Waals surface area contributed by atoms with Gasteiger partial charge in [-0.25, -0.2) is 4.39 Å². The molecule has 6 nitrogen and oxygen atoms in total. The van der Waals surface area contributed by atoms with Crippen molar-refractivity contribution < 1.29 is 23.5 Å². The summed E-state index contributed by atoms with van der Waals surface area (Å²) in [6.45, 7) is 5.87. The maximum absolute atomic E-state index is 13.1. The summed E-state index contributed by atoms with van der Waals surface area (Å²) in [5.74, 6) is -1.97. The summed E-state index contributed by atoms with van der Waals surface area (Å²) in [5, 5.41) is 5.06. The molecule has 0 aliphatic heterocycles. The Hall–Kier alpha value is -3.22. The molecular weight excluding hydrogens is 375 g/mol. The Labute approximate surface area is 169 Å². The number of nitrogens with one attached hydrogen (secondary N) is 2. The van der Waals surface area contributed by atoms with Crippen LogP contribution in [0.5, 0.6) is 0 Å². The topological polar surface area (TPSA) is 84.5 Å². The van der Waals surface area contributed by atoms with Gasteiger partial charge in [-0.1, -0.05) is 39.0 Å². The molecule has 0 saturated carbocycles. The number of anilines is 1. The van der Waals surface area contributed by atoms with Gasteiger partial charge in [-0.3, -0.25) is 14.4 Å². The van der Waals surface area contributed by atoms with Crippen molar-refractivity contribution in [3.63, 3.8) is 0 Å². The quantitative estimate of drug-likeness (QED) is 0.698. The van der Waals surface area contributed by atoms with Crippen molar-refractivity contribution in [2.24, 2.45) is 0 Å². The van der Waals surface area contributed by atoms with E-state index in [1.54, 1.807) is 12.1 Å². The molecule has 29 heavy (non-hydrogen) atoms. The molecule has 0 fully saturated rings. The van der Waals surface area contributed by atoms with E-state index in [9.17, 15) is 18.8 Å². The van der Waals surface area contributed by atoms with Crippen LogP contribution in [0.2, 0.25) is 0 Å². The van der Waals surface area contributed by atoms with Crippen LogP contribution >= 0.6 is 0 Å². The van der Waals surface area contributed by atoms with Gasteiger partial charge >= 0.3 is 5.97 Å². The van der Waals surface area contributed by atoms with Crippen LogP contribution in [0.1, 0.15) is 43.1 Å². The molecule has 0 unspecified atom stereocenters. The minimum atomic E-state index is -0.622. The summed E-state index contributed by atoms with van der Waals surface area (Å²) < 4.78 is 17.9. The van der Waals surface area contributed by atoms with Gasteiger partial charge in [0.1, 0.15) is 5.82 Å². The van der Waals surface area contributed by atoms with Crippen molar-refractivity contribution in [1.29, 1.82) is 0 Å². The van der Waals surface area contributed by atoms with Crippen molar-refractivity contribution in [3.8, 4) is 0 Å². The number of amides is 2. The van der Waals surface area contributed by atoms with Crippen LogP contribution in [-0.2, 0) is 19.7 Å². The molecule has 7 heteroatoms. The molecule has 0 atom stereocenters. The molecule has 2 N–H and O–H groups in total. The first-order valence-corrected chi connectivity index (χ1v) is 9.25. The minimum absolute atomic E-state index is 0.000268. The second-order valence-corrected chi connectivity index (χ2v) is 7.55. The van der Waals surface area contributed by atoms with Gasteiger partial charge in [0.05, 0.1) is 6.42 Å². The van der Waals surface area contributed by atoms with E-state index in [0.717, 1.165) is 11.6 Å². The van der Waals surface area contributed by atoms with E-state index < -0.39 is 24.3 Å². The number of carbonyl (C=O) groups excluding carboxylic acids is 3. The predicted octanol–water partition coefficient (Wildman–Crippen LogP) is 3.43. The van der Waals surface area contributed by atoms with Gasteiger partial charge in [-0.05, 0) is 41.3 Å². The van der Waals surface area contributed by atoms with Crippen LogP contribution in [0.4, 0.5) is 10.1 Å². The lowest BCUT2D eigenvalue weighted by molar-refractivity contribution is -0.147. The van der Waals surface area contributed by atoms with Gasteiger partial charge in [0.25, 0.3) is 11.8 Å². The molecule has 0 aliphatic carbocycles.